The van der Waals surface area contributed by atoms with Gasteiger partial charge in [-0.25, -0.2) is 12.8 Å². The van der Waals surface area contributed by atoms with E-state index in [1.807, 2.05) is 0 Å². The molecule has 0 atom stereocenters. The number of hydrogen-bond donors (Lipinski definition) is 1. The van der Waals surface area contributed by atoms with Crippen molar-refractivity contribution in [1.29, 1.82) is 0 Å². The van der Waals surface area contributed by atoms with E-state index in [-0.39, 0.29) is 17.5 Å². The van der Waals surface area contributed by atoms with E-state index < -0.39 is 21.7 Å². The van der Waals surface area contributed by atoms with E-state index in [4.69, 9.17) is 0 Å². The van der Waals surface area contributed by atoms with Crippen molar-refractivity contribution in [3.63, 3.8) is 0 Å². The molecule has 0 spiro atoms. The van der Waals surface area contributed by atoms with E-state index in [1.54, 1.807) is 43.3 Å². The molecule has 2 aromatic carbocycles. The van der Waals surface area contributed by atoms with Crippen LogP contribution in [0.2, 0.25) is 0 Å². The zero-order valence-electron chi connectivity index (χ0n) is 15.9. The predicted molar refractivity (Wildman–Crippen MR) is 107 cm³/mol. The second-order valence-corrected chi connectivity index (χ2v) is 9.05. The molecule has 3 rings (SSSR count). The average Bonchev–Trinajstić information content (AvgIpc) is 2.70. The molecular weight excluding hydrogens is 379 g/mol. The van der Waals surface area contributed by atoms with Crippen LogP contribution in [0.5, 0.6) is 0 Å². The number of halogens is 1. The highest BCUT2D eigenvalue weighted by molar-refractivity contribution is 7.89. The Morgan fingerprint density at radius 2 is 1.79 bits per heavy atom. The van der Waals surface area contributed by atoms with Crippen LogP contribution in [0.1, 0.15) is 37.7 Å². The van der Waals surface area contributed by atoms with Crippen molar-refractivity contribution in [2.24, 2.45) is 0 Å². The molecule has 1 N–H and O–H groups in total. The van der Waals surface area contributed by atoms with Crippen LogP contribution in [-0.4, -0.2) is 31.2 Å². The molecule has 0 heterocycles. The summed E-state index contributed by atoms with van der Waals surface area (Å²) in [5, 5.41) is 2.66. The summed E-state index contributed by atoms with van der Waals surface area (Å²) in [7, 11) is -3.81. The summed E-state index contributed by atoms with van der Waals surface area (Å²) >= 11 is 0. The zero-order chi connectivity index (χ0) is 20.1. The highest BCUT2D eigenvalue weighted by atomic mass is 32.2. The van der Waals surface area contributed by atoms with Gasteiger partial charge in [-0.05, 0) is 49.6 Å². The lowest BCUT2D eigenvalue weighted by Crippen LogP contribution is -2.45. The van der Waals surface area contributed by atoms with Gasteiger partial charge in [0, 0.05) is 11.7 Å². The minimum atomic E-state index is -3.81. The molecule has 0 unspecified atom stereocenters. The molecule has 5 nitrogen and oxygen atoms in total. The monoisotopic (exact) mass is 404 g/mol. The SMILES string of the molecule is Cc1ccc(F)cc1NC(=O)CN(C1CCCCC1)S(=O)(=O)c1ccccc1. The molecule has 1 saturated carbocycles. The molecule has 1 fully saturated rings. The Kier molecular flexibility index (Phi) is 6.46. The highest BCUT2D eigenvalue weighted by Crippen LogP contribution is 2.28. The first kappa shape index (κ1) is 20.5. The van der Waals surface area contributed by atoms with Crippen LogP contribution in [0.3, 0.4) is 0 Å². The van der Waals surface area contributed by atoms with Gasteiger partial charge in [-0.2, -0.15) is 4.31 Å². The van der Waals surface area contributed by atoms with Crippen LogP contribution < -0.4 is 5.32 Å². The zero-order valence-corrected chi connectivity index (χ0v) is 16.7. The van der Waals surface area contributed by atoms with Gasteiger partial charge in [0.05, 0.1) is 11.4 Å². The standard InChI is InChI=1S/C21H25FN2O3S/c1-16-12-13-17(22)14-20(16)23-21(25)15-24(18-8-4-2-5-9-18)28(26,27)19-10-6-3-7-11-19/h3,6-7,10-14,18H,2,4-5,8-9,15H2,1H3,(H,23,25). The number of amides is 1. The molecule has 0 aliphatic heterocycles. The van der Waals surface area contributed by atoms with Crippen molar-refractivity contribution in [3.8, 4) is 0 Å². The topological polar surface area (TPSA) is 66.5 Å². The van der Waals surface area contributed by atoms with Gasteiger partial charge in [0.25, 0.3) is 0 Å². The summed E-state index contributed by atoms with van der Waals surface area (Å²) in [6.07, 6.45) is 4.42. The number of carbonyl (C=O) groups excluding carboxylic acids is 1. The number of carbonyl (C=O) groups is 1. The molecule has 0 bridgehead atoms. The number of aryl methyl sites for hydroxylation is 1. The second-order valence-electron chi connectivity index (χ2n) is 7.16. The molecule has 150 valence electrons. The molecule has 1 amide bonds. The molecule has 7 heteroatoms. The number of anilines is 1. The van der Waals surface area contributed by atoms with Gasteiger partial charge >= 0.3 is 0 Å². The molecule has 28 heavy (non-hydrogen) atoms. The average molecular weight is 405 g/mol. The third-order valence-electron chi connectivity index (χ3n) is 5.10. The maximum absolute atomic E-state index is 13.5. The molecular formula is C21H25FN2O3S. The Morgan fingerprint density at radius 1 is 1.11 bits per heavy atom. The van der Waals surface area contributed by atoms with Crippen molar-refractivity contribution in [2.45, 2.75) is 50.0 Å². The summed E-state index contributed by atoms with van der Waals surface area (Å²) in [6, 6.07) is 12.1. The first-order chi connectivity index (χ1) is 13.4. The lowest BCUT2D eigenvalue weighted by atomic mass is 9.95. The Bertz CT molecular complexity index is 926. The second kappa shape index (κ2) is 8.84. The van der Waals surface area contributed by atoms with E-state index in [1.165, 1.54) is 16.4 Å². The molecule has 0 radical (unpaired) electrons. The third kappa shape index (κ3) is 4.77. The fourth-order valence-electron chi connectivity index (χ4n) is 3.57. The van der Waals surface area contributed by atoms with Gasteiger partial charge in [-0.15, -0.1) is 0 Å². The highest BCUT2D eigenvalue weighted by Gasteiger charge is 2.33. The number of sulfonamides is 1. The van der Waals surface area contributed by atoms with Gasteiger partial charge in [-0.3, -0.25) is 4.79 Å². The summed E-state index contributed by atoms with van der Waals surface area (Å²) < 4.78 is 41.3. The van der Waals surface area contributed by atoms with Crippen LogP contribution in [0.15, 0.2) is 53.4 Å². The molecule has 1 aliphatic carbocycles. The Morgan fingerprint density at radius 3 is 2.46 bits per heavy atom. The van der Waals surface area contributed by atoms with Gasteiger partial charge in [0.1, 0.15) is 5.82 Å². The van der Waals surface area contributed by atoms with Crippen molar-refractivity contribution in [2.75, 3.05) is 11.9 Å². The molecule has 2 aromatic rings. The Hall–Kier alpha value is -2.25. The van der Waals surface area contributed by atoms with Crippen molar-refractivity contribution in [3.05, 3.63) is 59.9 Å². The first-order valence-corrected chi connectivity index (χ1v) is 10.9. The van der Waals surface area contributed by atoms with E-state index in [0.29, 0.717) is 11.3 Å². The minimum Gasteiger partial charge on any atom is -0.325 e. The van der Waals surface area contributed by atoms with Crippen LogP contribution in [0, 0.1) is 12.7 Å². The van der Waals surface area contributed by atoms with Gasteiger partial charge in [0.2, 0.25) is 15.9 Å². The number of rotatable bonds is 6. The smallest absolute Gasteiger partial charge is 0.243 e. The van der Waals surface area contributed by atoms with Crippen molar-refractivity contribution in [1.82, 2.24) is 4.31 Å². The van der Waals surface area contributed by atoms with Gasteiger partial charge < -0.3 is 5.32 Å². The molecule has 0 aromatic heterocycles. The van der Waals surface area contributed by atoms with Crippen LogP contribution in [0.4, 0.5) is 10.1 Å². The number of nitrogens with one attached hydrogen (secondary N) is 1. The van der Waals surface area contributed by atoms with Gasteiger partial charge in [-0.1, -0.05) is 43.5 Å². The van der Waals surface area contributed by atoms with Crippen LogP contribution in [-0.2, 0) is 14.8 Å². The first-order valence-electron chi connectivity index (χ1n) is 9.51. The molecule has 1 aliphatic rings. The fourth-order valence-corrected chi connectivity index (χ4v) is 5.23. The summed E-state index contributed by atoms with van der Waals surface area (Å²) in [6.45, 7) is 1.46. The quantitative estimate of drug-likeness (QED) is 0.788. The van der Waals surface area contributed by atoms with E-state index in [9.17, 15) is 17.6 Å². The number of nitrogens with zero attached hydrogens (tertiary/aromatic N) is 1. The predicted octanol–water partition coefficient (Wildman–Crippen LogP) is 4.10. The van der Waals surface area contributed by atoms with Crippen LogP contribution in [0.25, 0.3) is 0 Å². The van der Waals surface area contributed by atoms with E-state index in [0.717, 1.165) is 32.1 Å². The maximum atomic E-state index is 13.5. The minimum absolute atomic E-state index is 0.176. The van der Waals surface area contributed by atoms with E-state index >= 15 is 0 Å². The van der Waals surface area contributed by atoms with Crippen LogP contribution >= 0.6 is 0 Å². The normalized spacial score (nSPS) is 15.5. The third-order valence-corrected chi connectivity index (χ3v) is 7.02. The maximum Gasteiger partial charge on any atom is 0.243 e. The lowest BCUT2D eigenvalue weighted by Gasteiger charge is -2.33. The molecule has 0 saturated heterocycles. The van der Waals surface area contributed by atoms with E-state index in [2.05, 4.69) is 5.32 Å². The Labute approximate surface area is 165 Å². The fraction of sp³-hybridized carbons (Fsp3) is 0.381. The summed E-state index contributed by atoms with van der Waals surface area (Å²) in [5.41, 5.74) is 1.07. The number of hydrogen-bond acceptors (Lipinski definition) is 3. The summed E-state index contributed by atoms with van der Waals surface area (Å²) in [5.74, 6) is -0.930. The Balaban J connectivity index is 1.85. The van der Waals surface area contributed by atoms with Gasteiger partial charge in [0.15, 0.2) is 0 Å². The van der Waals surface area contributed by atoms with Crippen molar-refractivity contribution >= 4 is 21.6 Å². The lowest BCUT2D eigenvalue weighted by molar-refractivity contribution is -0.116. The largest absolute Gasteiger partial charge is 0.325 e. The summed E-state index contributed by atoms with van der Waals surface area (Å²) in [4.78, 5) is 12.8. The number of benzene rings is 2. The van der Waals surface area contributed by atoms with Crippen molar-refractivity contribution < 1.29 is 17.6 Å².